The SMILES string of the molecule is CN=C(NCCC(=O)OC(C)C)NCC1(C(=O)N(C)C)CCCC1. The standard InChI is InChI=1S/C17H32N4O3/c1-13(2)24-14(22)8-11-19-16(18-3)20-12-17(9-6-7-10-17)15(23)21(4)5/h13H,6-12H2,1-5H3,(H2,18,19,20). The topological polar surface area (TPSA) is 83.0 Å². The summed E-state index contributed by atoms with van der Waals surface area (Å²) in [6.07, 6.45) is 4.13. The van der Waals surface area contributed by atoms with Crippen molar-refractivity contribution in [1.82, 2.24) is 15.5 Å². The van der Waals surface area contributed by atoms with Crippen molar-refractivity contribution in [3.8, 4) is 0 Å². The van der Waals surface area contributed by atoms with Gasteiger partial charge in [-0.2, -0.15) is 0 Å². The molecule has 24 heavy (non-hydrogen) atoms. The van der Waals surface area contributed by atoms with Crippen LogP contribution in [-0.2, 0) is 14.3 Å². The summed E-state index contributed by atoms with van der Waals surface area (Å²) >= 11 is 0. The van der Waals surface area contributed by atoms with Crippen molar-refractivity contribution < 1.29 is 14.3 Å². The Morgan fingerprint density at radius 2 is 1.83 bits per heavy atom. The molecule has 7 nitrogen and oxygen atoms in total. The first-order valence-corrected chi connectivity index (χ1v) is 8.66. The Morgan fingerprint density at radius 3 is 2.33 bits per heavy atom. The van der Waals surface area contributed by atoms with Gasteiger partial charge in [0.2, 0.25) is 5.91 Å². The fraction of sp³-hybridized carbons (Fsp3) is 0.824. The number of esters is 1. The zero-order chi connectivity index (χ0) is 18.2. The van der Waals surface area contributed by atoms with Crippen molar-refractivity contribution in [2.75, 3.05) is 34.2 Å². The molecule has 7 heteroatoms. The smallest absolute Gasteiger partial charge is 0.307 e. The molecule has 0 bridgehead atoms. The normalized spacial score (nSPS) is 16.8. The molecule has 0 aromatic carbocycles. The number of carbonyl (C=O) groups is 2. The van der Waals surface area contributed by atoms with Crippen molar-refractivity contribution in [2.45, 2.75) is 52.1 Å². The van der Waals surface area contributed by atoms with Gasteiger partial charge < -0.3 is 20.3 Å². The summed E-state index contributed by atoms with van der Waals surface area (Å²) in [4.78, 5) is 29.9. The Kier molecular flexibility index (Phi) is 8.01. The van der Waals surface area contributed by atoms with E-state index in [0.29, 0.717) is 19.0 Å². The van der Waals surface area contributed by atoms with Gasteiger partial charge in [-0.05, 0) is 26.7 Å². The quantitative estimate of drug-likeness (QED) is 0.413. The summed E-state index contributed by atoms with van der Waals surface area (Å²) in [5.41, 5.74) is -0.350. The summed E-state index contributed by atoms with van der Waals surface area (Å²) in [6, 6.07) is 0. The maximum Gasteiger partial charge on any atom is 0.307 e. The molecule has 0 aromatic rings. The number of amides is 1. The number of nitrogens with zero attached hydrogens (tertiary/aromatic N) is 2. The molecule has 2 N–H and O–H groups in total. The number of carbonyl (C=O) groups excluding carboxylic acids is 2. The Hall–Kier alpha value is -1.79. The van der Waals surface area contributed by atoms with E-state index in [9.17, 15) is 9.59 Å². The largest absolute Gasteiger partial charge is 0.463 e. The summed E-state index contributed by atoms with van der Waals surface area (Å²) in [7, 11) is 5.28. The minimum Gasteiger partial charge on any atom is -0.463 e. The highest BCUT2D eigenvalue weighted by Crippen LogP contribution is 2.38. The summed E-state index contributed by atoms with van der Waals surface area (Å²) in [6.45, 7) is 4.66. The molecule has 1 amide bonds. The van der Waals surface area contributed by atoms with Crippen LogP contribution in [0.15, 0.2) is 4.99 Å². The highest BCUT2D eigenvalue weighted by molar-refractivity contribution is 5.85. The summed E-state index contributed by atoms with van der Waals surface area (Å²) in [5, 5.41) is 6.34. The van der Waals surface area contributed by atoms with Gasteiger partial charge in [-0.3, -0.25) is 14.6 Å². The first kappa shape index (κ1) is 20.3. The van der Waals surface area contributed by atoms with Gasteiger partial charge in [0.1, 0.15) is 0 Å². The molecule has 0 spiro atoms. The predicted molar refractivity (Wildman–Crippen MR) is 94.8 cm³/mol. The summed E-state index contributed by atoms with van der Waals surface area (Å²) < 4.78 is 5.09. The molecule has 1 fully saturated rings. The zero-order valence-corrected chi connectivity index (χ0v) is 15.6. The lowest BCUT2D eigenvalue weighted by molar-refractivity contribution is -0.147. The van der Waals surface area contributed by atoms with E-state index in [1.807, 2.05) is 13.8 Å². The van der Waals surface area contributed by atoms with E-state index in [4.69, 9.17) is 4.74 Å². The van der Waals surface area contributed by atoms with Gasteiger partial charge in [0.15, 0.2) is 5.96 Å². The maximum atomic E-state index is 12.5. The molecule has 0 radical (unpaired) electrons. The van der Waals surface area contributed by atoms with Gasteiger partial charge in [0.05, 0.1) is 17.9 Å². The lowest BCUT2D eigenvalue weighted by Crippen LogP contribution is -2.49. The number of ether oxygens (including phenoxy) is 1. The number of guanidine groups is 1. The zero-order valence-electron chi connectivity index (χ0n) is 15.6. The number of hydrogen-bond donors (Lipinski definition) is 2. The fourth-order valence-electron chi connectivity index (χ4n) is 3.07. The van der Waals surface area contributed by atoms with Crippen LogP contribution in [0, 0.1) is 5.41 Å². The second kappa shape index (κ2) is 9.49. The molecule has 1 saturated carbocycles. The highest BCUT2D eigenvalue weighted by Gasteiger charge is 2.42. The molecule has 138 valence electrons. The van der Waals surface area contributed by atoms with Crippen molar-refractivity contribution >= 4 is 17.8 Å². The van der Waals surface area contributed by atoms with Crippen molar-refractivity contribution in [3.05, 3.63) is 0 Å². The van der Waals surface area contributed by atoms with E-state index in [1.165, 1.54) is 0 Å². The number of rotatable bonds is 7. The van der Waals surface area contributed by atoms with Gasteiger partial charge in [-0.15, -0.1) is 0 Å². The first-order chi connectivity index (χ1) is 11.3. The number of aliphatic imine (C=N–C) groups is 1. The second-order valence-corrected chi connectivity index (χ2v) is 6.83. The molecule has 0 aliphatic heterocycles. The van der Waals surface area contributed by atoms with E-state index < -0.39 is 0 Å². The van der Waals surface area contributed by atoms with Gasteiger partial charge in [-0.1, -0.05) is 12.8 Å². The van der Waals surface area contributed by atoms with Crippen molar-refractivity contribution in [1.29, 1.82) is 0 Å². The van der Waals surface area contributed by atoms with E-state index in [-0.39, 0.29) is 29.8 Å². The molecule has 1 aliphatic carbocycles. The van der Waals surface area contributed by atoms with Crippen LogP contribution < -0.4 is 10.6 Å². The third-order valence-electron chi connectivity index (χ3n) is 4.23. The minimum absolute atomic E-state index is 0.103. The van der Waals surface area contributed by atoms with Crippen LogP contribution in [0.3, 0.4) is 0 Å². The molecule has 0 atom stereocenters. The van der Waals surface area contributed by atoms with E-state index >= 15 is 0 Å². The lowest BCUT2D eigenvalue weighted by atomic mass is 9.84. The predicted octanol–water partition coefficient (Wildman–Crippen LogP) is 1.14. The molecular formula is C17H32N4O3. The van der Waals surface area contributed by atoms with Crippen LogP contribution in [0.1, 0.15) is 46.0 Å². The molecule has 0 aromatic heterocycles. The Balaban J connectivity index is 2.47. The Bertz CT molecular complexity index is 455. The average molecular weight is 340 g/mol. The molecular weight excluding hydrogens is 308 g/mol. The van der Waals surface area contributed by atoms with Gasteiger partial charge in [-0.25, -0.2) is 0 Å². The van der Waals surface area contributed by atoms with Crippen LogP contribution in [0.4, 0.5) is 0 Å². The van der Waals surface area contributed by atoms with Crippen LogP contribution >= 0.6 is 0 Å². The fourth-order valence-corrected chi connectivity index (χ4v) is 3.07. The van der Waals surface area contributed by atoms with Crippen LogP contribution in [0.5, 0.6) is 0 Å². The maximum absolute atomic E-state index is 12.5. The van der Waals surface area contributed by atoms with Crippen molar-refractivity contribution in [3.63, 3.8) is 0 Å². The van der Waals surface area contributed by atoms with Crippen LogP contribution in [0.25, 0.3) is 0 Å². The lowest BCUT2D eigenvalue weighted by Gasteiger charge is -2.31. The van der Waals surface area contributed by atoms with Gasteiger partial charge in [0, 0.05) is 34.2 Å². The Morgan fingerprint density at radius 1 is 1.21 bits per heavy atom. The van der Waals surface area contributed by atoms with Crippen LogP contribution in [-0.4, -0.2) is 63.1 Å². The molecule has 1 rings (SSSR count). The average Bonchev–Trinajstić information content (AvgIpc) is 2.99. The monoisotopic (exact) mass is 340 g/mol. The Labute approximate surface area is 145 Å². The molecule has 0 unspecified atom stereocenters. The minimum atomic E-state index is -0.350. The number of nitrogens with one attached hydrogen (secondary N) is 2. The highest BCUT2D eigenvalue weighted by atomic mass is 16.5. The van der Waals surface area contributed by atoms with Crippen LogP contribution in [0.2, 0.25) is 0 Å². The first-order valence-electron chi connectivity index (χ1n) is 8.66. The second-order valence-electron chi connectivity index (χ2n) is 6.83. The molecule has 0 saturated heterocycles. The van der Waals surface area contributed by atoms with E-state index in [0.717, 1.165) is 25.7 Å². The van der Waals surface area contributed by atoms with Crippen molar-refractivity contribution in [2.24, 2.45) is 10.4 Å². The van der Waals surface area contributed by atoms with Gasteiger partial charge >= 0.3 is 5.97 Å². The summed E-state index contributed by atoms with van der Waals surface area (Å²) in [5.74, 6) is 0.539. The number of hydrogen-bond acceptors (Lipinski definition) is 4. The molecule has 0 heterocycles. The molecule has 1 aliphatic rings. The van der Waals surface area contributed by atoms with Gasteiger partial charge in [0.25, 0.3) is 0 Å². The van der Waals surface area contributed by atoms with E-state index in [2.05, 4.69) is 15.6 Å². The third-order valence-corrected chi connectivity index (χ3v) is 4.23. The third kappa shape index (κ3) is 6.02. The van der Waals surface area contributed by atoms with E-state index in [1.54, 1.807) is 26.0 Å².